The molecule has 3 aromatic rings. The van der Waals surface area contributed by atoms with Gasteiger partial charge in [0.1, 0.15) is 0 Å². The summed E-state index contributed by atoms with van der Waals surface area (Å²) >= 11 is 0. The van der Waals surface area contributed by atoms with E-state index in [-0.39, 0.29) is 17.5 Å². The smallest absolute Gasteiger partial charge is 0.276 e. The molecule has 7 heteroatoms. The van der Waals surface area contributed by atoms with Gasteiger partial charge in [0.15, 0.2) is 11.5 Å². The molecular formula is C21H21N5O2. The van der Waals surface area contributed by atoms with Crippen LogP contribution in [0.5, 0.6) is 0 Å². The third kappa shape index (κ3) is 5.14. The number of carbonyl (C=O) groups excluding carboxylic acids is 2. The molecule has 2 aromatic carbocycles. The van der Waals surface area contributed by atoms with E-state index in [1.54, 1.807) is 36.4 Å². The summed E-state index contributed by atoms with van der Waals surface area (Å²) in [6.45, 7) is 5.48. The van der Waals surface area contributed by atoms with Crippen LogP contribution in [-0.2, 0) is 4.79 Å². The standard InChI is InChI=1S/C21H21N5O2/c1-13-9-14(2)11-18(10-13)23-20-8-7-19(25-26-20)21(28)24-17-6-4-5-16(12-17)22-15(3)27/h4-12H,1-3H3,(H,22,27)(H,23,26)(H,24,28). The Balaban J connectivity index is 1.67. The van der Waals surface area contributed by atoms with Crippen LogP contribution in [0.1, 0.15) is 28.5 Å². The quantitative estimate of drug-likeness (QED) is 0.625. The Bertz CT molecular complexity index is 995. The van der Waals surface area contributed by atoms with Crippen LogP contribution >= 0.6 is 0 Å². The lowest BCUT2D eigenvalue weighted by molar-refractivity contribution is -0.114. The molecule has 0 radical (unpaired) electrons. The molecule has 0 aliphatic heterocycles. The van der Waals surface area contributed by atoms with Gasteiger partial charge in [0, 0.05) is 24.0 Å². The fourth-order valence-corrected chi connectivity index (χ4v) is 2.79. The van der Waals surface area contributed by atoms with Gasteiger partial charge in [0.2, 0.25) is 5.91 Å². The maximum absolute atomic E-state index is 12.4. The van der Waals surface area contributed by atoms with Crippen LogP contribution in [0.25, 0.3) is 0 Å². The van der Waals surface area contributed by atoms with Gasteiger partial charge >= 0.3 is 0 Å². The van der Waals surface area contributed by atoms with Crippen molar-refractivity contribution in [3.8, 4) is 0 Å². The summed E-state index contributed by atoms with van der Waals surface area (Å²) in [5.74, 6) is -0.0131. The van der Waals surface area contributed by atoms with Crippen molar-refractivity contribution < 1.29 is 9.59 Å². The minimum Gasteiger partial charge on any atom is -0.339 e. The van der Waals surface area contributed by atoms with Crippen LogP contribution < -0.4 is 16.0 Å². The first-order valence-electron chi connectivity index (χ1n) is 8.77. The van der Waals surface area contributed by atoms with Crippen LogP contribution in [0.4, 0.5) is 22.9 Å². The molecule has 0 atom stereocenters. The molecule has 0 saturated heterocycles. The molecule has 3 N–H and O–H groups in total. The van der Waals surface area contributed by atoms with Gasteiger partial charge in [-0.15, -0.1) is 10.2 Å². The van der Waals surface area contributed by atoms with E-state index in [0.29, 0.717) is 17.2 Å². The zero-order valence-corrected chi connectivity index (χ0v) is 15.9. The molecule has 0 spiro atoms. The van der Waals surface area contributed by atoms with Gasteiger partial charge < -0.3 is 16.0 Å². The Morgan fingerprint density at radius 2 is 1.46 bits per heavy atom. The number of hydrogen-bond donors (Lipinski definition) is 3. The van der Waals surface area contributed by atoms with Gasteiger partial charge in [0.05, 0.1) is 0 Å². The van der Waals surface area contributed by atoms with Crippen molar-refractivity contribution in [2.45, 2.75) is 20.8 Å². The van der Waals surface area contributed by atoms with Gasteiger partial charge in [-0.2, -0.15) is 0 Å². The van der Waals surface area contributed by atoms with Crippen molar-refractivity contribution in [3.63, 3.8) is 0 Å². The monoisotopic (exact) mass is 375 g/mol. The first-order valence-corrected chi connectivity index (χ1v) is 8.77. The first-order chi connectivity index (χ1) is 13.4. The highest BCUT2D eigenvalue weighted by molar-refractivity contribution is 6.03. The average Bonchev–Trinajstić information content (AvgIpc) is 2.61. The second-order valence-corrected chi connectivity index (χ2v) is 6.52. The minimum atomic E-state index is -0.384. The largest absolute Gasteiger partial charge is 0.339 e. The highest BCUT2D eigenvalue weighted by Gasteiger charge is 2.10. The van der Waals surface area contributed by atoms with Crippen molar-refractivity contribution in [1.82, 2.24) is 10.2 Å². The molecule has 142 valence electrons. The molecule has 1 aromatic heterocycles. The molecular weight excluding hydrogens is 354 g/mol. The van der Waals surface area contributed by atoms with E-state index in [4.69, 9.17) is 0 Å². The molecule has 28 heavy (non-hydrogen) atoms. The maximum Gasteiger partial charge on any atom is 0.276 e. The summed E-state index contributed by atoms with van der Waals surface area (Å²) in [7, 11) is 0. The predicted octanol–water partition coefficient (Wildman–Crippen LogP) is 4.05. The number of nitrogens with one attached hydrogen (secondary N) is 3. The van der Waals surface area contributed by atoms with E-state index in [2.05, 4.69) is 32.2 Å². The molecule has 2 amide bonds. The number of rotatable bonds is 5. The highest BCUT2D eigenvalue weighted by atomic mass is 16.2. The Kier molecular flexibility index (Phi) is 5.64. The second-order valence-electron chi connectivity index (χ2n) is 6.52. The van der Waals surface area contributed by atoms with Crippen LogP contribution in [0, 0.1) is 13.8 Å². The highest BCUT2D eigenvalue weighted by Crippen LogP contribution is 2.19. The molecule has 0 aliphatic rings. The fourth-order valence-electron chi connectivity index (χ4n) is 2.79. The van der Waals surface area contributed by atoms with Crippen LogP contribution in [-0.4, -0.2) is 22.0 Å². The topological polar surface area (TPSA) is 96.0 Å². The van der Waals surface area contributed by atoms with Crippen molar-refractivity contribution in [2.75, 3.05) is 16.0 Å². The van der Waals surface area contributed by atoms with E-state index in [0.717, 1.165) is 16.8 Å². The number of carbonyl (C=O) groups is 2. The zero-order valence-electron chi connectivity index (χ0n) is 15.9. The third-order valence-corrected chi connectivity index (χ3v) is 3.83. The number of hydrogen-bond acceptors (Lipinski definition) is 5. The summed E-state index contributed by atoms with van der Waals surface area (Å²) in [4.78, 5) is 23.5. The first kappa shape index (κ1) is 19.0. The van der Waals surface area contributed by atoms with Crippen LogP contribution in [0.15, 0.2) is 54.6 Å². The number of amides is 2. The Morgan fingerprint density at radius 3 is 2.07 bits per heavy atom. The normalized spacial score (nSPS) is 10.2. The van der Waals surface area contributed by atoms with Gasteiger partial charge in [-0.1, -0.05) is 12.1 Å². The summed E-state index contributed by atoms with van der Waals surface area (Å²) in [5.41, 5.74) is 4.55. The Morgan fingerprint density at radius 1 is 0.786 bits per heavy atom. The van der Waals surface area contributed by atoms with Crippen LogP contribution in [0.3, 0.4) is 0 Å². The van der Waals surface area contributed by atoms with E-state index in [9.17, 15) is 9.59 Å². The lowest BCUT2D eigenvalue weighted by Crippen LogP contribution is -2.15. The van der Waals surface area contributed by atoms with E-state index in [1.165, 1.54) is 6.92 Å². The molecule has 0 fully saturated rings. The Hall–Kier alpha value is -3.74. The zero-order chi connectivity index (χ0) is 20.1. The van der Waals surface area contributed by atoms with Gasteiger partial charge in [-0.05, 0) is 67.4 Å². The Labute approximate surface area is 163 Å². The number of anilines is 4. The molecule has 0 aliphatic carbocycles. The van der Waals surface area contributed by atoms with Crippen molar-refractivity contribution in [2.24, 2.45) is 0 Å². The average molecular weight is 375 g/mol. The molecule has 0 bridgehead atoms. The maximum atomic E-state index is 12.4. The molecule has 7 nitrogen and oxygen atoms in total. The second kappa shape index (κ2) is 8.30. The number of benzene rings is 2. The minimum absolute atomic E-state index is 0.179. The van der Waals surface area contributed by atoms with Gasteiger partial charge in [-0.3, -0.25) is 9.59 Å². The van der Waals surface area contributed by atoms with Crippen molar-refractivity contribution >= 4 is 34.7 Å². The fraction of sp³-hybridized carbons (Fsp3) is 0.143. The lowest BCUT2D eigenvalue weighted by Gasteiger charge is -2.09. The molecule has 3 rings (SSSR count). The van der Waals surface area contributed by atoms with Crippen molar-refractivity contribution in [3.05, 3.63) is 71.4 Å². The third-order valence-electron chi connectivity index (χ3n) is 3.83. The number of nitrogens with zero attached hydrogens (tertiary/aromatic N) is 2. The SMILES string of the molecule is CC(=O)Nc1cccc(NC(=O)c2ccc(Nc3cc(C)cc(C)c3)nn2)c1. The van der Waals surface area contributed by atoms with Gasteiger partial charge in [-0.25, -0.2) is 0 Å². The number of aromatic nitrogens is 2. The summed E-state index contributed by atoms with van der Waals surface area (Å²) in [6, 6.07) is 16.3. The van der Waals surface area contributed by atoms with E-state index < -0.39 is 0 Å². The predicted molar refractivity (Wildman–Crippen MR) is 110 cm³/mol. The van der Waals surface area contributed by atoms with E-state index in [1.807, 2.05) is 26.0 Å². The van der Waals surface area contributed by atoms with Crippen LogP contribution in [0.2, 0.25) is 0 Å². The summed E-state index contributed by atoms with van der Waals surface area (Å²) in [6.07, 6.45) is 0. The van der Waals surface area contributed by atoms with Gasteiger partial charge in [0.25, 0.3) is 5.91 Å². The molecule has 0 unspecified atom stereocenters. The number of aryl methyl sites for hydroxylation is 2. The summed E-state index contributed by atoms with van der Waals surface area (Å²) in [5, 5.41) is 16.7. The lowest BCUT2D eigenvalue weighted by atomic mass is 10.1. The summed E-state index contributed by atoms with van der Waals surface area (Å²) < 4.78 is 0. The van der Waals surface area contributed by atoms with E-state index >= 15 is 0 Å². The molecule has 0 saturated carbocycles. The molecule has 1 heterocycles. The van der Waals surface area contributed by atoms with Crippen molar-refractivity contribution in [1.29, 1.82) is 0 Å².